The maximum absolute atomic E-state index is 13.4. The van der Waals surface area contributed by atoms with Crippen LogP contribution in [0.5, 0.6) is 0 Å². The highest BCUT2D eigenvalue weighted by Gasteiger charge is 2.56. The predicted octanol–water partition coefficient (Wildman–Crippen LogP) is 4.48. The Morgan fingerprint density at radius 2 is 1.89 bits per heavy atom. The van der Waals surface area contributed by atoms with Gasteiger partial charge in [0.05, 0.1) is 10.0 Å². The van der Waals surface area contributed by atoms with E-state index in [1.807, 2.05) is 12.1 Å². The van der Waals surface area contributed by atoms with Crippen molar-refractivity contribution in [2.45, 2.75) is 37.5 Å². The van der Waals surface area contributed by atoms with Crippen molar-refractivity contribution in [3.8, 4) is 0 Å². The summed E-state index contributed by atoms with van der Waals surface area (Å²) in [5.74, 6) is -0.406. The van der Waals surface area contributed by atoms with Crippen molar-refractivity contribution in [2.24, 2.45) is 7.05 Å². The SMILES string of the molecule is Cn1ccnc1[C@](O)(CCNCCCCc1ccc(Cl)c(Cl)c1)C(F)(F)F. The molecule has 27 heavy (non-hydrogen) atoms. The van der Waals surface area contributed by atoms with Gasteiger partial charge in [0.15, 0.2) is 0 Å². The molecule has 1 aromatic carbocycles. The number of nitrogens with zero attached hydrogens (tertiary/aromatic N) is 2. The lowest BCUT2D eigenvalue weighted by Crippen LogP contribution is -2.46. The summed E-state index contributed by atoms with van der Waals surface area (Å²) < 4.78 is 41.3. The molecular weight excluding hydrogens is 402 g/mol. The minimum Gasteiger partial charge on any atom is -0.374 e. The average Bonchev–Trinajstić information content (AvgIpc) is 3.02. The molecule has 0 aliphatic heterocycles. The monoisotopic (exact) mass is 423 g/mol. The molecule has 1 aromatic heterocycles. The van der Waals surface area contributed by atoms with Gasteiger partial charge in [-0.3, -0.25) is 0 Å². The zero-order valence-corrected chi connectivity index (χ0v) is 16.4. The highest BCUT2D eigenvalue weighted by molar-refractivity contribution is 6.42. The molecule has 150 valence electrons. The van der Waals surface area contributed by atoms with Crippen LogP contribution in [0.1, 0.15) is 30.7 Å². The van der Waals surface area contributed by atoms with Crippen LogP contribution < -0.4 is 5.32 Å². The number of halogens is 5. The van der Waals surface area contributed by atoms with Crippen LogP contribution in [0, 0.1) is 0 Å². The van der Waals surface area contributed by atoms with Crippen LogP contribution in [0.3, 0.4) is 0 Å². The van der Waals surface area contributed by atoms with Gasteiger partial charge in [0, 0.05) is 25.9 Å². The van der Waals surface area contributed by atoms with Crippen LogP contribution >= 0.6 is 23.2 Å². The summed E-state index contributed by atoms with van der Waals surface area (Å²) in [6, 6.07) is 5.46. The van der Waals surface area contributed by atoms with Crippen LogP contribution in [0.2, 0.25) is 10.0 Å². The van der Waals surface area contributed by atoms with E-state index in [4.69, 9.17) is 23.2 Å². The van der Waals surface area contributed by atoms with Crippen LogP contribution in [0.15, 0.2) is 30.6 Å². The molecule has 0 radical (unpaired) electrons. The second-order valence-electron chi connectivity index (χ2n) is 6.43. The highest BCUT2D eigenvalue weighted by Crippen LogP contribution is 2.40. The van der Waals surface area contributed by atoms with E-state index >= 15 is 0 Å². The zero-order chi connectivity index (χ0) is 20.1. The van der Waals surface area contributed by atoms with Crippen molar-refractivity contribution in [1.29, 1.82) is 0 Å². The predicted molar refractivity (Wildman–Crippen MR) is 100 cm³/mol. The number of benzene rings is 1. The van der Waals surface area contributed by atoms with Gasteiger partial charge in [0.1, 0.15) is 5.82 Å². The molecule has 9 heteroatoms. The summed E-state index contributed by atoms with van der Waals surface area (Å²) in [5, 5.41) is 14.2. The van der Waals surface area contributed by atoms with Crippen molar-refractivity contribution >= 4 is 23.2 Å². The summed E-state index contributed by atoms with van der Waals surface area (Å²) >= 11 is 11.8. The van der Waals surface area contributed by atoms with E-state index < -0.39 is 24.0 Å². The maximum atomic E-state index is 13.4. The van der Waals surface area contributed by atoms with Crippen molar-refractivity contribution < 1.29 is 18.3 Å². The van der Waals surface area contributed by atoms with Gasteiger partial charge in [-0.1, -0.05) is 29.3 Å². The molecule has 0 spiro atoms. The average molecular weight is 424 g/mol. The Morgan fingerprint density at radius 1 is 1.15 bits per heavy atom. The minimum atomic E-state index is -4.80. The first-order valence-electron chi connectivity index (χ1n) is 8.56. The zero-order valence-electron chi connectivity index (χ0n) is 14.9. The molecule has 0 bridgehead atoms. The second-order valence-corrected chi connectivity index (χ2v) is 7.24. The molecule has 0 unspecified atom stereocenters. The quantitative estimate of drug-likeness (QED) is 0.584. The molecule has 0 aliphatic rings. The fourth-order valence-corrected chi connectivity index (χ4v) is 3.13. The lowest BCUT2D eigenvalue weighted by molar-refractivity contribution is -0.272. The van der Waals surface area contributed by atoms with Gasteiger partial charge >= 0.3 is 6.18 Å². The van der Waals surface area contributed by atoms with E-state index in [-0.39, 0.29) is 6.54 Å². The van der Waals surface area contributed by atoms with Crippen molar-refractivity contribution in [1.82, 2.24) is 14.9 Å². The minimum absolute atomic E-state index is 0.0235. The number of alkyl halides is 3. The molecule has 2 rings (SSSR count). The molecule has 1 atom stereocenters. The first kappa shape index (κ1) is 22.0. The fraction of sp³-hybridized carbons (Fsp3) is 0.500. The van der Waals surface area contributed by atoms with E-state index in [1.54, 1.807) is 6.07 Å². The number of hydrogen-bond acceptors (Lipinski definition) is 3. The van der Waals surface area contributed by atoms with Gasteiger partial charge in [0.25, 0.3) is 0 Å². The lowest BCUT2D eigenvalue weighted by Gasteiger charge is -2.30. The van der Waals surface area contributed by atoms with E-state index in [9.17, 15) is 18.3 Å². The van der Waals surface area contributed by atoms with Gasteiger partial charge in [-0.15, -0.1) is 0 Å². The van der Waals surface area contributed by atoms with Crippen LogP contribution in [-0.4, -0.2) is 33.9 Å². The Hall–Kier alpha value is -1.28. The summed E-state index contributed by atoms with van der Waals surface area (Å²) in [7, 11) is 1.43. The number of aliphatic hydroxyl groups is 1. The van der Waals surface area contributed by atoms with E-state index in [0.717, 1.165) is 24.8 Å². The normalized spacial score (nSPS) is 14.3. The summed E-state index contributed by atoms with van der Waals surface area (Å²) in [6.45, 7) is 0.575. The third kappa shape index (κ3) is 5.60. The standard InChI is InChI=1S/C18H22Cl2F3N3O/c1-26-11-10-25-16(26)17(27,18(21,22)23)7-9-24-8-3-2-4-13-5-6-14(19)15(20)12-13/h5-6,10-12,24,27H,2-4,7-9H2,1H3/t17-/m1/s1. The highest BCUT2D eigenvalue weighted by atomic mass is 35.5. The fourth-order valence-electron chi connectivity index (χ4n) is 2.81. The molecule has 2 N–H and O–H groups in total. The summed E-state index contributed by atoms with van der Waals surface area (Å²) in [6.07, 6.45) is -0.250. The Balaban J connectivity index is 1.76. The van der Waals surface area contributed by atoms with Gasteiger partial charge in [0.2, 0.25) is 5.60 Å². The van der Waals surface area contributed by atoms with Crippen LogP contribution in [0.4, 0.5) is 13.2 Å². The van der Waals surface area contributed by atoms with Crippen molar-refractivity contribution in [3.05, 3.63) is 52.0 Å². The van der Waals surface area contributed by atoms with E-state index in [0.29, 0.717) is 16.6 Å². The number of aryl methyl sites for hydroxylation is 2. The molecule has 0 fully saturated rings. The molecule has 1 heterocycles. The smallest absolute Gasteiger partial charge is 0.374 e. The number of unbranched alkanes of at least 4 members (excludes halogenated alkanes) is 1. The second kappa shape index (κ2) is 9.28. The topological polar surface area (TPSA) is 50.1 Å². The molecule has 0 saturated heterocycles. The number of imidazole rings is 1. The van der Waals surface area contributed by atoms with E-state index in [2.05, 4.69) is 10.3 Å². The van der Waals surface area contributed by atoms with Gasteiger partial charge < -0.3 is 15.0 Å². The number of hydrogen-bond donors (Lipinski definition) is 2. The van der Waals surface area contributed by atoms with Crippen LogP contribution in [-0.2, 0) is 19.1 Å². The molecule has 4 nitrogen and oxygen atoms in total. The molecule has 0 saturated carbocycles. The van der Waals surface area contributed by atoms with Crippen molar-refractivity contribution in [2.75, 3.05) is 13.1 Å². The number of rotatable bonds is 9. The van der Waals surface area contributed by atoms with Gasteiger partial charge in [-0.25, -0.2) is 4.98 Å². The Kier molecular flexibility index (Phi) is 7.56. The van der Waals surface area contributed by atoms with Crippen molar-refractivity contribution in [3.63, 3.8) is 0 Å². The number of aromatic nitrogens is 2. The van der Waals surface area contributed by atoms with Crippen LogP contribution in [0.25, 0.3) is 0 Å². The maximum Gasteiger partial charge on any atom is 0.424 e. The molecule has 2 aromatic rings. The Morgan fingerprint density at radius 3 is 2.48 bits per heavy atom. The third-order valence-electron chi connectivity index (χ3n) is 4.38. The third-order valence-corrected chi connectivity index (χ3v) is 5.12. The lowest BCUT2D eigenvalue weighted by atomic mass is 9.97. The van der Waals surface area contributed by atoms with E-state index in [1.165, 1.54) is 24.0 Å². The first-order valence-corrected chi connectivity index (χ1v) is 9.32. The first-order chi connectivity index (χ1) is 12.6. The Bertz CT molecular complexity index is 752. The van der Waals surface area contributed by atoms with Gasteiger partial charge in [-0.2, -0.15) is 13.2 Å². The molecular formula is C18H22Cl2F3N3O. The summed E-state index contributed by atoms with van der Waals surface area (Å²) in [4.78, 5) is 3.67. The molecule has 0 aliphatic carbocycles. The van der Waals surface area contributed by atoms with Gasteiger partial charge in [-0.05, 0) is 50.0 Å². The molecule has 0 amide bonds. The number of nitrogens with one attached hydrogen (secondary N) is 1. The largest absolute Gasteiger partial charge is 0.424 e. The summed E-state index contributed by atoms with van der Waals surface area (Å²) in [5.41, 5.74) is -1.91. The Labute approximate surface area is 166 Å².